The summed E-state index contributed by atoms with van der Waals surface area (Å²) in [5.41, 5.74) is -0.0275. The van der Waals surface area contributed by atoms with E-state index in [9.17, 15) is 15.0 Å². The number of aliphatic hydroxyl groups is 3. The van der Waals surface area contributed by atoms with Crippen molar-refractivity contribution in [2.75, 3.05) is 30.1 Å². The van der Waals surface area contributed by atoms with Gasteiger partial charge in [-0.15, -0.1) is 12.6 Å². The largest absolute Gasteiger partial charge is 0.394 e. The standard InChI is InChI=1S/C11H18N4O5S/c1-5(20-7(3-17)6(18)2-16)15-4-12-8-9(15)13-11(21)14-10(8)19/h5-7,12,16-18H,2-4H2,1H3,(H2,13,14,19,21)/t5?,6-,7-/m1/s1. The Balaban J connectivity index is 2.16. The lowest BCUT2D eigenvalue weighted by Gasteiger charge is -2.30. The second-order valence-corrected chi connectivity index (χ2v) is 5.02. The van der Waals surface area contributed by atoms with Crippen molar-refractivity contribution in [3.63, 3.8) is 0 Å². The Bertz CT molecular complexity index is 554. The van der Waals surface area contributed by atoms with Crippen LogP contribution in [0.15, 0.2) is 9.95 Å². The summed E-state index contributed by atoms with van der Waals surface area (Å²) in [5.74, 6) is 0.381. The Kier molecular flexibility index (Phi) is 5.06. The first-order chi connectivity index (χ1) is 9.97. The van der Waals surface area contributed by atoms with Gasteiger partial charge in [0.05, 0.1) is 19.9 Å². The van der Waals surface area contributed by atoms with E-state index >= 15 is 0 Å². The summed E-state index contributed by atoms with van der Waals surface area (Å²) < 4.78 is 5.52. The zero-order valence-corrected chi connectivity index (χ0v) is 12.2. The molecule has 2 heterocycles. The molecule has 118 valence electrons. The predicted molar refractivity (Wildman–Crippen MR) is 77.6 cm³/mol. The molecule has 1 aliphatic heterocycles. The molecular weight excluding hydrogens is 300 g/mol. The molecule has 21 heavy (non-hydrogen) atoms. The quantitative estimate of drug-likeness (QED) is 0.271. The van der Waals surface area contributed by atoms with Gasteiger partial charge in [0.25, 0.3) is 5.56 Å². The molecule has 0 spiro atoms. The van der Waals surface area contributed by atoms with Crippen molar-refractivity contribution in [3.8, 4) is 0 Å². The third-order valence-corrected chi connectivity index (χ3v) is 3.40. The third kappa shape index (κ3) is 3.30. The van der Waals surface area contributed by atoms with E-state index in [1.807, 2.05) is 0 Å². The molecule has 3 atom stereocenters. The summed E-state index contributed by atoms with van der Waals surface area (Å²) in [6.07, 6.45) is -2.72. The summed E-state index contributed by atoms with van der Waals surface area (Å²) in [7, 11) is 0. The fourth-order valence-corrected chi connectivity index (χ4v) is 2.25. The molecule has 0 saturated heterocycles. The maximum atomic E-state index is 11.7. The normalized spacial score (nSPS) is 18.0. The van der Waals surface area contributed by atoms with Crippen molar-refractivity contribution in [2.24, 2.45) is 0 Å². The molecule has 1 aromatic heterocycles. The minimum Gasteiger partial charge on any atom is -0.394 e. The van der Waals surface area contributed by atoms with Crippen LogP contribution < -0.4 is 15.8 Å². The number of H-pyrrole nitrogens is 1. The van der Waals surface area contributed by atoms with Gasteiger partial charge in [0.15, 0.2) is 11.0 Å². The number of aromatic nitrogens is 2. The Morgan fingerprint density at radius 3 is 2.81 bits per heavy atom. The highest BCUT2D eigenvalue weighted by atomic mass is 32.1. The lowest BCUT2D eigenvalue weighted by molar-refractivity contribution is -0.105. The van der Waals surface area contributed by atoms with Gasteiger partial charge in [-0.2, -0.15) is 0 Å². The second kappa shape index (κ2) is 6.62. The number of rotatable bonds is 6. The monoisotopic (exact) mass is 318 g/mol. The lowest BCUT2D eigenvalue weighted by atomic mass is 10.2. The van der Waals surface area contributed by atoms with Gasteiger partial charge >= 0.3 is 0 Å². The number of ether oxygens (including phenoxy) is 1. The SMILES string of the molecule is CC(O[C@H](CO)[C@H](O)CO)N1CNc2c1nc(S)[nH]c2=O. The molecule has 2 rings (SSSR count). The molecule has 5 N–H and O–H groups in total. The summed E-state index contributed by atoms with van der Waals surface area (Å²) in [6, 6.07) is 0. The lowest BCUT2D eigenvalue weighted by Crippen LogP contribution is -2.44. The van der Waals surface area contributed by atoms with Gasteiger partial charge in [-0.1, -0.05) is 0 Å². The number of fused-ring (bicyclic) bond motifs is 1. The zero-order valence-electron chi connectivity index (χ0n) is 11.4. The molecule has 0 aliphatic carbocycles. The molecule has 0 amide bonds. The van der Waals surface area contributed by atoms with Crippen LogP contribution in [0.5, 0.6) is 0 Å². The Morgan fingerprint density at radius 2 is 2.19 bits per heavy atom. The Morgan fingerprint density at radius 1 is 1.48 bits per heavy atom. The average Bonchev–Trinajstić information content (AvgIpc) is 2.87. The predicted octanol–water partition coefficient (Wildman–Crippen LogP) is -1.68. The van der Waals surface area contributed by atoms with Gasteiger partial charge in [0, 0.05) is 0 Å². The van der Waals surface area contributed by atoms with E-state index in [1.54, 1.807) is 11.8 Å². The van der Waals surface area contributed by atoms with Crippen molar-refractivity contribution < 1.29 is 20.1 Å². The molecular formula is C11H18N4O5S. The highest BCUT2D eigenvalue weighted by Gasteiger charge is 2.30. The van der Waals surface area contributed by atoms with Gasteiger partial charge in [-0.05, 0) is 6.92 Å². The number of thiol groups is 1. The van der Waals surface area contributed by atoms with Crippen LogP contribution in [-0.4, -0.2) is 63.6 Å². The topological polar surface area (TPSA) is 131 Å². The summed E-state index contributed by atoms with van der Waals surface area (Å²) >= 11 is 4.02. The summed E-state index contributed by atoms with van der Waals surface area (Å²) in [5, 5.41) is 30.7. The maximum Gasteiger partial charge on any atom is 0.277 e. The third-order valence-electron chi connectivity index (χ3n) is 3.19. The highest BCUT2D eigenvalue weighted by molar-refractivity contribution is 7.80. The second-order valence-electron chi connectivity index (χ2n) is 4.60. The van der Waals surface area contributed by atoms with Crippen LogP contribution in [0.1, 0.15) is 6.92 Å². The zero-order chi connectivity index (χ0) is 15.6. The van der Waals surface area contributed by atoms with Gasteiger partial charge in [-0.25, -0.2) is 4.98 Å². The first-order valence-corrected chi connectivity index (χ1v) is 6.81. The van der Waals surface area contributed by atoms with E-state index in [-0.39, 0.29) is 17.4 Å². The van der Waals surface area contributed by atoms with Gasteiger partial charge in [0.1, 0.15) is 24.1 Å². The first-order valence-electron chi connectivity index (χ1n) is 6.37. The molecule has 1 unspecified atom stereocenters. The number of nitrogens with one attached hydrogen (secondary N) is 2. The number of nitrogens with zero attached hydrogens (tertiary/aromatic N) is 2. The van der Waals surface area contributed by atoms with E-state index in [2.05, 4.69) is 27.9 Å². The fraction of sp³-hybridized carbons (Fsp3) is 0.636. The smallest absolute Gasteiger partial charge is 0.277 e. The van der Waals surface area contributed by atoms with Gasteiger partial charge in [-0.3, -0.25) is 9.78 Å². The minimum atomic E-state index is -1.19. The van der Waals surface area contributed by atoms with E-state index in [1.165, 1.54) is 0 Å². The highest BCUT2D eigenvalue weighted by Crippen LogP contribution is 2.28. The van der Waals surface area contributed by atoms with Crippen LogP contribution in [0.2, 0.25) is 0 Å². The number of aromatic amines is 1. The van der Waals surface area contributed by atoms with E-state index in [4.69, 9.17) is 9.84 Å². The molecule has 1 aliphatic rings. The molecule has 0 bridgehead atoms. The molecule has 0 aromatic carbocycles. The number of hydrogen-bond acceptors (Lipinski definition) is 9. The summed E-state index contributed by atoms with van der Waals surface area (Å²) in [6.45, 7) is 1.01. The number of hydrogen-bond donors (Lipinski definition) is 6. The van der Waals surface area contributed by atoms with Crippen LogP contribution in [0.3, 0.4) is 0 Å². The molecule has 9 nitrogen and oxygen atoms in total. The van der Waals surface area contributed by atoms with Crippen molar-refractivity contribution in [3.05, 3.63) is 10.4 Å². The fourth-order valence-electron chi connectivity index (χ4n) is 2.06. The van der Waals surface area contributed by atoms with Crippen LogP contribution >= 0.6 is 12.6 Å². The molecule has 1 aromatic rings. The van der Waals surface area contributed by atoms with E-state index in [0.29, 0.717) is 11.5 Å². The van der Waals surface area contributed by atoms with Crippen LogP contribution in [-0.2, 0) is 4.74 Å². The number of aliphatic hydroxyl groups excluding tert-OH is 3. The van der Waals surface area contributed by atoms with Crippen molar-refractivity contribution in [1.29, 1.82) is 0 Å². The van der Waals surface area contributed by atoms with Crippen molar-refractivity contribution in [2.45, 2.75) is 30.5 Å². The Labute approximate surface area is 126 Å². The van der Waals surface area contributed by atoms with Crippen molar-refractivity contribution >= 4 is 24.1 Å². The van der Waals surface area contributed by atoms with Gasteiger partial charge < -0.3 is 30.3 Å². The summed E-state index contributed by atoms with van der Waals surface area (Å²) in [4.78, 5) is 20.0. The maximum absolute atomic E-state index is 11.7. The van der Waals surface area contributed by atoms with E-state index < -0.39 is 31.6 Å². The molecule has 0 radical (unpaired) electrons. The van der Waals surface area contributed by atoms with Crippen LogP contribution in [0.25, 0.3) is 0 Å². The van der Waals surface area contributed by atoms with Gasteiger partial charge in [0.2, 0.25) is 0 Å². The first kappa shape index (κ1) is 16.0. The molecule has 10 heteroatoms. The molecule has 0 saturated carbocycles. The Hall–Kier alpha value is -1.33. The van der Waals surface area contributed by atoms with E-state index in [0.717, 1.165) is 0 Å². The van der Waals surface area contributed by atoms with Crippen LogP contribution in [0, 0.1) is 0 Å². The number of anilines is 2. The minimum absolute atomic E-state index is 0.175. The van der Waals surface area contributed by atoms with Crippen LogP contribution in [0.4, 0.5) is 11.5 Å². The average molecular weight is 318 g/mol. The van der Waals surface area contributed by atoms with Crippen molar-refractivity contribution in [1.82, 2.24) is 9.97 Å². The molecule has 0 fully saturated rings.